The van der Waals surface area contributed by atoms with Gasteiger partial charge in [0.2, 0.25) is 0 Å². The Balaban J connectivity index is 0.00000256. The number of nitrogens with zero attached hydrogens (tertiary/aromatic N) is 5. The maximum Gasteiger partial charge on any atom is 0.193 e. The third-order valence-corrected chi connectivity index (χ3v) is 6.24. The Hall–Kier alpha value is -1.35. The van der Waals surface area contributed by atoms with E-state index in [1.54, 1.807) is 0 Å². The standard InChI is InChI=1S/C23H36N6.HI/c1-3-24-23(29-15-10-20(17-29)16-27-12-5-4-6-13-27)25-11-9-21-18-28-14-7-8-19(2)22(28)26-21;/h7-8,14,18,20H,3-6,9-13,15-17H2,1-2H3,(H,24,25);1H. The SMILES string of the molecule is CCNC(=NCCc1cn2cccc(C)c2n1)N1CCC(CN2CCCCC2)C1.I. The van der Waals surface area contributed by atoms with Gasteiger partial charge in [-0.2, -0.15) is 0 Å². The highest BCUT2D eigenvalue weighted by Gasteiger charge is 2.26. The number of fused-ring (bicyclic) bond motifs is 1. The van der Waals surface area contributed by atoms with Crippen LogP contribution < -0.4 is 5.32 Å². The van der Waals surface area contributed by atoms with Gasteiger partial charge in [0.1, 0.15) is 5.65 Å². The first kappa shape index (κ1) is 23.3. The fourth-order valence-electron chi connectivity index (χ4n) is 4.71. The Morgan fingerprint density at radius 3 is 2.83 bits per heavy atom. The normalized spacial score (nSPS) is 20.5. The Labute approximate surface area is 198 Å². The number of rotatable bonds is 6. The highest BCUT2D eigenvalue weighted by atomic mass is 127. The lowest BCUT2D eigenvalue weighted by Gasteiger charge is -2.29. The fourth-order valence-corrected chi connectivity index (χ4v) is 4.71. The van der Waals surface area contributed by atoms with Gasteiger partial charge in [0.05, 0.1) is 5.69 Å². The molecule has 2 fully saturated rings. The molecule has 1 N–H and O–H groups in total. The van der Waals surface area contributed by atoms with Gasteiger partial charge in [0.15, 0.2) is 5.96 Å². The van der Waals surface area contributed by atoms with E-state index in [9.17, 15) is 0 Å². The number of piperidine rings is 1. The molecule has 4 rings (SSSR count). The largest absolute Gasteiger partial charge is 0.357 e. The van der Waals surface area contributed by atoms with Crippen molar-refractivity contribution in [2.75, 3.05) is 45.8 Å². The van der Waals surface area contributed by atoms with Gasteiger partial charge in [-0.05, 0) is 63.7 Å². The van der Waals surface area contributed by atoms with E-state index in [1.807, 2.05) is 0 Å². The second-order valence-corrected chi connectivity index (χ2v) is 8.60. The van der Waals surface area contributed by atoms with Gasteiger partial charge < -0.3 is 19.5 Å². The van der Waals surface area contributed by atoms with Crippen molar-refractivity contribution in [2.45, 2.75) is 46.0 Å². The lowest BCUT2D eigenvalue weighted by molar-refractivity contribution is 0.198. The van der Waals surface area contributed by atoms with Crippen LogP contribution in [0.25, 0.3) is 5.65 Å². The molecule has 30 heavy (non-hydrogen) atoms. The first-order chi connectivity index (χ1) is 14.2. The van der Waals surface area contributed by atoms with E-state index in [1.165, 1.54) is 50.9 Å². The van der Waals surface area contributed by atoms with Crippen molar-refractivity contribution in [2.24, 2.45) is 10.9 Å². The summed E-state index contributed by atoms with van der Waals surface area (Å²) >= 11 is 0. The molecule has 2 aromatic rings. The summed E-state index contributed by atoms with van der Waals surface area (Å²) < 4.78 is 2.12. The van der Waals surface area contributed by atoms with Crippen LogP contribution in [0.15, 0.2) is 29.5 Å². The van der Waals surface area contributed by atoms with Crippen LogP contribution in [-0.2, 0) is 6.42 Å². The Morgan fingerprint density at radius 2 is 2.07 bits per heavy atom. The first-order valence-corrected chi connectivity index (χ1v) is 11.4. The molecule has 2 aliphatic heterocycles. The number of aliphatic imine (C=N–C) groups is 1. The molecular weight excluding hydrogens is 487 g/mol. The second kappa shape index (κ2) is 11.3. The Kier molecular flexibility index (Phi) is 8.80. The topological polar surface area (TPSA) is 48.2 Å². The summed E-state index contributed by atoms with van der Waals surface area (Å²) in [5.41, 5.74) is 3.38. The van der Waals surface area contributed by atoms with Crippen LogP contribution in [0.5, 0.6) is 0 Å². The predicted octanol–water partition coefficient (Wildman–Crippen LogP) is 3.58. The molecule has 4 heterocycles. The lowest BCUT2D eigenvalue weighted by Crippen LogP contribution is -2.41. The van der Waals surface area contributed by atoms with Gasteiger partial charge in [0, 0.05) is 51.5 Å². The monoisotopic (exact) mass is 524 g/mol. The van der Waals surface area contributed by atoms with E-state index in [2.05, 4.69) is 57.9 Å². The van der Waals surface area contributed by atoms with Crippen LogP contribution in [0.4, 0.5) is 0 Å². The van der Waals surface area contributed by atoms with Crippen molar-refractivity contribution in [3.05, 3.63) is 35.8 Å². The summed E-state index contributed by atoms with van der Waals surface area (Å²) in [5, 5.41) is 3.51. The zero-order valence-corrected chi connectivity index (χ0v) is 20.8. The Morgan fingerprint density at radius 1 is 1.23 bits per heavy atom. The molecule has 0 radical (unpaired) electrons. The molecule has 6 nitrogen and oxygen atoms in total. The number of guanidine groups is 1. The predicted molar refractivity (Wildman–Crippen MR) is 135 cm³/mol. The summed E-state index contributed by atoms with van der Waals surface area (Å²) in [6.07, 6.45) is 10.5. The minimum absolute atomic E-state index is 0. The molecule has 0 aromatic carbocycles. The van der Waals surface area contributed by atoms with E-state index in [-0.39, 0.29) is 24.0 Å². The molecule has 0 aliphatic carbocycles. The average molecular weight is 524 g/mol. The first-order valence-electron chi connectivity index (χ1n) is 11.4. The third kappa shape index (κ3) is 5.87. The molecule has 0 amide bonds. The van der Waals surface area contributed by atoms with E-state index < -0.39 is 0 Å². The molecule has 2 saturated heterocycles. The number of nitrogens with one attached hydrogen (secondary N) is 1. The van der Waals surface area contributed by atoms with E-state index in [0.717, 1.165) is 55.8 Å². The molecule has 1 atom stereocenters. The maximum atomic E-state index is 4.93. The average Bonchev–Trinajstić information content (AvgIpc) is 3.36. The van der Waals surface area contributed by atoms with E-state index >= 15 is 0 Å². The molecular formula is C23H37IN6. The molecule has 0 bridgehead atoms. The van der Waals surface area contributed by atoms with Crippen LogP contribution in [-0.4, -0.2) is 71.0 Å². The number of likely N-dealkylation sites (tertiary alicyclic amines) is 2. The zero-order valence-electron chi connectivity index (χ0n) is 18.5. The van der Waals surface area contributed by atoms with Crippen LogP contribution in [0.1, 0.15) is 43.9 Å². The van der Waals surface area contributed by atoms with Crippen molar-refractivity contribution >= 4 is 35.6 Å². The number of pyridine rings is 1. The van der Waals surface area contributed by atoms with Gasteiger partial charge in [-0.25, -0.2) is 4.98 Å². The van der Waals surface area contributed by atoms with Gasteiger partial charge in [-0.3, -0.25) is 4.99 Å². The van der Waals surface area contributed by atoms with Gasteiger partial charge in [-0.1, -0.05) is 12.5 Å². The summed E-state index contributed by atoms with van der Waals surface area (Å²) in [5.74, 6) is 1.85. The van der Waals surface area contributed by atoms with Crippen molar-refractivity contribution in [3.8, 4) is 0 Å². The minimum atomic E-state index is 0. The summed E-state index contributed by atoms with van der Waals surface area (Å²) in [6, 6.07) is 4.18. The number of aromatic nitrogens is 2. The van der Waals surface area contributed by atoms with Crippen molar-refractivity contribution in [1.29, 1.82) is 0 Å². The molecule has 7 heteroatoms. The summed E-state index contributed by atoms with van der Waals surface area (Å²) in [4.78, 5) is 14.9. The summed E-state index contributed by atoms with van der Waals surface area (Å²) in [6.45, 7) is 12.1. The van der Waals surface area contributed by atoms with E-state index in [4.69, 9.17) is 9.98 Å². The molecule has 0 spiro atoms. The van der Waals surface area contributed by atoms with Gasteiger partial charge in [0.25, 0.3) is 0 Å². The van der Waals surface area contributed by atoms with Crippen LogP contribution >= 0.6 is 24.0 Å². The number of halogens is 1. The van der Waals surface area contributed by atoms with Crippen molar-refractivity contribution in [3.63, 3.8) is 0 Å². The smallest absolute Gasteiger partial charge is 0.193 e. The van der Waals surface area contributed by atoms with Crippen molar-refractivity contribution < 1.29 is 0 Å². The number of hydrogen-bond acceptors (Lipinski definition) is 3. The fraction of sp³-hybridized carbons (Fsp3) is 0.652. The quantitative estimate of drug-likeness (QED) is 0.357. The highest BCUT2D eigenvalue weighted by Crippen LogP contribution is 2.20. The second-order valence-electron chi connectivity index (χ2n) is 8.60. The number of hydrogen-bond donors (Lipinski definition) is 1. The molecule has 166 valence electrons. The minimum Gasteiger partial charge on any atom is -0.357 e. The number of imidazole rings is 1. The molecule has 2 aliphatic rings. The van der Waals surface area contributed by atoms with Gasteiger partial charge in [-0.15, -0.1) is 24.0 Å². The van der Waals surface area contributed by atoms with Crippen LogP contribution in [0, 0.1) is 12.8 Å². The van der Waals surface area contributed by atoms with Crippen LogP contribution in [0.3, 0.4) is 0 Å². The highest BCUT2D eigenvalue weighted by molar-refractivity contribution is 14.0. The molecule has 1 unspecified atom stereocenters. The van der Waals surface area contributed by atoms with Crippen molar-refractivity contribution in [1.82, 2.24) is 24.5 Å². The molecule has 2 aromatic heterocycles. The van der Waals surface area contributed by atoms with E-state index in [0.29, 0.717) is 0 Å². The number of aryl methyl sites for hydroxylation is 1. The summed E-state index contributed by atoms with van der Waals surface area (Å²) in [7, 11) is 0. The zero-order chi connectivity index (χ0) is 20.1. The third-order valence-electron chi connectivity index (χ3n) is 6.24. The maximum absolute atomic E-state index is 4.93. The van der Waals surface area contributed by atoms with Crippen LogP contribution in [0.2, 0.25) is 0 Å². The molecule has 0 saturated carbocycles. The Bertz CT molecular complexity index is 826. The lowest BCUT2D eigenvalue weighted by atomic mass is 10.1. The van der Waals surface area contributed by atoms with Gasteiger partial charge >= 0.3 is 0 Å².